The van der Waals surface area contributed by atoms with E-state index in [1.165, 1.54) is 18.7 Å². The summed E-state index contributed by atoms with van der Waals surface area (Å²) >= 11 is 1.38. The molecule has 5 nitrogen and oxygen atoms in total. The molecule has 1 atom stereocenters. The highest BCUT2D eigenvalue weighted by molar-refractivity contribution is 8.00. The quantitative estimate of drug-likeness (QED) is 0.790. The zero-order valence-electron chi connectivity index (χ0n) is 13.3. The number of nitriles is 1. The van der Waals surface area contributed by atoms with Crippen LogP contribution >= 0.6 is 11.8 Å². The van der Waals surface area contributed by atoms with Crippen LogP contribution < -0.4 is 10.6 Å². The maximum atomic E-state index is 12.0. The number of nitrogens with zero attached hydrogens (tertiary/aromatic N) is 1. The molecule has 6 heteroatoms. The molecule has 0 aromatic heterocycles. The first kappa shape index (κ1) is 18.1. The summed E-state index contributed by atoms with van der Waals surface area (Å²) in [6.07, 6.45) is 0. The summed E-state index contributed by atoms with van der Waals surface area (Å²) in [5.41, 5.74) is -0.134. The number of amides is 2. The van der Waals surface area contributed by atoms with Gasteiger partial charge in [-0.1, -0.05) is 13.8 Å². The van der Waals surface area contributed by atoms with E-state index in [4.69, 9.17) is 0 Å². The van der Waals surface area contributed by atoms with E-state index in [1.54, 1.807) is 19.1 Å². The van der Waals surface area contributed by atoms with Gasteiger partial charge in [-0.3, -0.25) is 9.59 Å². The summed E-state index contributed by atoms with van der Waals surface area (Å²) in [7, 11) is 0. The number of carbonyl (C=O) groups excluding carboxylic acids is 2. The van der Waals surface area contributed by atoms with Crippen LogP contribution in [0.4, 0.5) is 5.69 Å². The van der Waals surface area contributed by atoms with E-state index in [2.05, 4.69) is 16.7 Å². The van der Waals surface area contributed by atoms with E-state index in [-0.39, 0.29) is 23.5 Å². The van der Waals surface area contributed by atoms with E-state index >= 15 is 0 Å². The van der Waals surface area contributed by atoms with Crippen LogP contribution in [0.15, 0.2) is 29.2 Å². The molecule has 0 saturated heterocycles. The van der Waals surface area contributed by atoms with Crippen molar-refractivity contribution in [3.63, 3.8) is 0 Å². The standard InChI is InChI=1S/C16H21N3O2S/c1-11(2)16(4,10-17)19-15(21)9-22-14-7-5-13(6-8-14)18-12(3)20/h5-8,11H,9H2,1-4H3,(H,18,20)(H,19,21)/t16-/m1/s1. The number of thioether (sulfide) groups is 1. The second-order valence-corrected chi connectivity index (χ2v) is 6.56. The summed E-state index contributed by atoms with van der Waals surface area (Å²) in [4.78, 5) is 23.8. The van der Waals surface area contributed by atoms with Crippen LogP contribution in [0.5, 0.6) is 0 Å². The number of hydrogen-bond acceptors (Lipinski definition) is 4. The first-order chi connectivity index (χ1) is 10.3. The van der Waals surface area contributed by atoms with Crippen molar-refractivity contribution < 1.29 is 9.59 Å². The van der Waals surface area contributed by atoms with Crippen molar-refractivity contribution in [3.05, 3.63) is 24.3 Å². The minimum absolute atomic E-state index is 0.0309. The lowest BCUT2D eigenvalue weighted by molar-refractivity contribution is -0.120. The van der Waals surface area contributed by atoms with E-state index in [1.807, 2.05) is 26.0 Å². The van der Waals surface area contributed by atoms with Crippen molar-refractivity contribution in [1.82, 2.24) is 5.32 Å². The van der Waals surface area contributed by atoms with Crippen LogP contribution in [0.1, 0.15) is 27.7 Å². The maximum Gasteiger partial charge on any atom is 0.231 e. The monoisotopic (exact) mass is 319 g/mol. The molecular formula is C16H21N3O2S. The number of nitrogens with one attached hydrogen (secondary N) is 2. The zero-order valence-corrected chi connectivity index (χ0v) is 14.1. The molecule has 0 aliphatic rings. The number of benzene rings is 1. The number of hydrogen-bond donors (Lipinski definition) is 2. The van der Waals surface area contributed by atoms with Gasteiger partial charge in [0, 0.05) is 17.5 Å². The molecule has 0 fully saturated rings. The SMILES string of the molecule is CC(=O)Nc1ccc(SCC(=O)N[C@](C)(C#N)C(C)C)cc1. The van der Waals surface area contributed by atoms with Gasteiger partial charge in [0.25, 0.3) is 0 Å². The Morgan fingerprint density at radius 1 is 1.32 bits per heavy atom. The molecule has 2 amide bonds. The Bertz CT molecular complexity index is 578. The normalized spacial score (nSPS) is 13.1. The van der Waals surface area contributed by atoms with Crippen LogP contribution in [-0.2, 0) is 9.59 Å². The number of anilines is 1. The number of rotatable bonds is 6. The van der Waals surface area contributed by atoms with Gasteiger partial charge in [-0.25, -0.2) is 0 Å². The van der Waals surface area contributed by atoms with E-state index < -0.39 is 5.54 Å². The van der Waals surface area contributed by atoms with Crippen molar-refractivity contribution >= 4 is 29.3 Å². The molecule has 0 aliphatic carbocycles. The third-order valence-corrected chi connectivity index (χ3v) is 4.34. The van der Waals surface area contributed by atoms with Crippen LogP contribution in [0, 0.1) is 17.2 Å². The van der Waals surface area contributed by atoms with Gasteiger partial charge in [0.15, 0.2) is 0 Å². The summed E-state index contributed by atoms with van der Waals surface area (Å²) in [5, 5.41) is 14.6. The van der Waals surface area contributed by atoms with Gasteiger partial charge in [0.1, 0.15) is 5.54 Å². The zero-order chi connectivity index (χ0) is 16.8. The molecule has 22 heavy (non-hydrogen) atoms. The Kier molecular flexibility index (Phi) is 6.44. The minimum atomic E-state index is -0.854. The fourth-order valence-electron chi connectivity index (χ4n) is 1.61. The predicted molar refractivity (Wildman–Crippen MR) is 88.5 cm³/mol. The molecule has 0 aliphatic heterocycles. The van der Waals surface area contributed by atoms with Crippen LogP contribution in [0.2, 0.25) is 0 Å². The lowest BCUT2D eigenvalue weighted by Gasteiger charge is -2.27. The van der Waals surface area contributed by atoms with Crippen molar-refractivity contribution in [1.29, 1.82) is 5.26 Å². The van der Waals surface area contributed by atoms with Crippen molar-refractivity contribution in [2.75, 3.05) is 11.1 Å². The molecule has 0 bridgehead atoms. The number of carbonyl (C=O) groups is 2. The van der Waals surface area contributed by atoms with Crippen molar-refractivity contribution in [3.8, 4) is 6.07 Å². The van der Waals surface area contributed by atoms with Gasteiger partial charge in [0.2, 0.25) is 11.8 Å². The topological polar surface area (TPSA) is 82.0 Å². The first-order valence-electron chi connectivity index (χ1n) is 6.99. The van der Waals surface area contributed by atoms with Crippen LogP contribution in [0.3, 0.4) is 0 Å². The molecule has 1 aromatic rings. The maximum absolute atomic E-state index is 12.0. The molecule has 0 spiro atoms. The molecule has 0 saturated carbocycles. The van der Waals surface area contributed by atoms with E-state index in [9.17, 15) is 14.9 Å². The summed E-state index contributed by atoms with van der Waals surface area (Å²) in [6.45, 7) is 6.98. The van der Waals surface area contributed by atoms with E-state index in [0.717, 1.165) is 10.6 Å². The Balaban J connectivity index is 2.54. The molecule has 2 N–H and O–H groups in total. The second kappa shape index (κ2) is 7.85. The molecule has 0 unspecified atom stereocenters. The van der Waals surface area contributed by atoms with Crippen LogP contribution in [-0.4, -0.2) is 23.1 Å². The van der Waals surface area contributed by atoms with Gasteiger partial charge in [0.05, 0.1) is 11.8 Å². The van der Waals surface area contributed by atoms with Crippen molar-refractivity contribution in [2.24, 2.45) is 5.92 Å². The first-order valence-corrected chi connectivity index (χ1v) is 7.98. The molecule has 1 rings (SSSR count). The van der Waals surface area contributed by atoms with Gasteiger partial charge < -0.3 is 10.6 Å². The average molecular weight is 319 g/mol. The highest BCUT2D eigenvalue weighted by Crippen LogP contribution is 2.21. The van der Waals surface area contributed by atoms with Gasteiger partial charge in [-0.05, 0) is 37.1 Å². The highest BCUT2D eigenvalue weighted by atomic mass is 32.2. The molecule has 0 radical (unpaired) electrons. The molecule has 1 aromatic carbocycles. The summed E-state index contributed by atoms with van der Waals surface area (Å²) in [5.74, 6) is -0.0231. The fraction of sp³-hybridized carbons (Fsp3) is 0.438. The van der Waals surface area contributed by atoms with Crippen molar-refractivity contribution in [2.45, 2.75) is 38.1 Å². The largest absolute Gasteiger partial charge is 0.337 e. The second-order valence-electron chi connectivity index (χ2n) is 5.51. The van der Waals surface area contributed by atoms with Gasteiger partial charge >= 0.3 is 0 Å². The van der Waals surface area contributed by atoms with Crippen LogP contribution in [0.25, 0.3) is 0 Å². The highest BCUT2D eigenvalue weighted by Gasteiger charge is 2.29. The minimum Gasteiger partial charge on any atom is -0.337 e. The average Bonchev–Trinajstić information content (AvgIpc) is 2.45. The summed E-state index contributed by atoms with van der Waals surface area (Å²) in [6, 6.07) is 9.41. The lowest BCUT2D eigenvalue weighted by atomic mass is 9.90. The Hall–Kier alpha value is -2.00. The third-order valence-electron chi connectivity index (χ3n) is 3.33. The fourth-order valence-corrected chi connectivity index (χ4v) is 2.31. The Morgan fingerprint density at radius 3 is 2.36 bits per heavy atom. The third kappa shape index (κ3) is 5.41. The van der Waals surface area contributed by atoms with E-state index in [0.29, 0.717) is 0 Å². The van der Waals surface area contributed by atoms with Gasteiger partial charge in [-0.15, -0.1) is 11.8 Å². The Morgan fingerprint density at radius 2 is 1.91 bits per heavy atom. The molecular weight excluding hydrogens is 298 g/mol. The lowest BCUT2D eigenvalue weighted by Crippen LogP contribution is -2.49. The Labute approximate surface area is 135 Å². The molecule has 118 valence electrons. The smallest absolute Gasteiger partial charge is 0.231 e. The molecule has 0 heterocycles. The predicted octanol–water partition coefficient (Wildman–Crippen LogP) is 2.79. The van der Waals surface area contributed by atoms with Gasteiger partial charge in [-0.2, -0.15) is 5.26 Å². The summed E-state index contributed by atoms with van der Waals surface area (Å²) < 4.78 is 0.